The second-order valence-corrected chi connectivity index (χ2v) is 11.0. The van der Waals surface area contributed by atoms with Crippen LogP contribution in [-0.2, 0) is 25.7 Å². The van der Waals surface area contributed by atoms with E-state index in [1.807, 2.05) is 0 Å². The van der Waals surface area contributed by atoms with Crippen LogP contribution in [0.15, 0.2) is 65.6 Å². The lowest BCUT2D eigenvalue weighted by Crippen LogP contribution is -2.44. The van der Waals surface area contributed by atoms with Gasteiger partial charge in [-0.05, 0) is 60.5 Å². The molecule has 0 aromatic heterocycles. The molecule has 206 valence electrons. The highest BCUT2D eigenvalue weighted by atomic mass is 35.5. The van der Waals surface area contributed by atoms with E-state index in [-0.39, 0.29) is 35.0 Å². The zero-order valence-corrected chi connectivity index (χ0v) is 22.2. The summed E-state index contributed by atoms with van der Waals surface area (Å²) < 4.78 is 93.2. The minimum Gasteiger partial charge on any atom is -0.486 e. The van der Waals surface area contributed by atoms with E-state index in [0.29, 0.717) is 17.2 Å². The predicted octanol–water partition coefficient (Wildman–Crippen LogP) is 6.58. The van der Waals surface area contributed by atoms with Gasteiger partial charge in [-0.15, -0.1) is 0 Å². The van der Waals surface area contributed by atoms with Crippen molar-refractivity contribution in [2.45, 2.75) is 30.5 Å². The van der Waals surface area contributed by atoms with E-state index in [9.17, 15) is 30.8 Å². The Bertz CT molecular complexity index is 1540. The van der Waals surface area contributed by atoms with Crippen LogP contribution >= 0.6 is 11.6 Å². The normalized spacial score (nSPS) is 15.9. The van der Waals surface area contributed by atoms with Gasteiger partial charge in [-0.25, -0.2) is 12.8 Å². The van der Waals surface area contributed by atoms with Gasteiger partial charge in [-0.1, -0.05) is 35.9 Å². The molecule has 1 aliphatic rings. The zero-order valence-electron chi connectivity index (χ0n) is 20.6. The third-order valence-corrected chi connectivity index (χ3v) is 8.12. The third kappa shape index (κ3) is 6.04. The fourth-order valence-corrected chi connectivity index (χ4v) is 6.04. The number of carbonyl (C=O) groups excluding carboxylic acids is 1. The van der Waals surface area contributed by atoms with Gasteiger partial charge in [0.25, 0.3) is 10.0 Å². The number of benzene rings is 3. The number of methoxy groups -OCH3 is 1. The molecule has 0 saturated carbocycles. The minimum atomic E-state index is -4.76. The second-order valence-electron chi connectivity index (χ2n) is 8.73. The summed E-state index contributed by atoms with van der Waals surface area (Å²) in [4.78, 5) is 11.3. The number of hydrogen-bond acceptors (Lipinski definition) is 5. The maximum Gasteiger partial charge on any atom is 0.416 e. The van der Waals surface area contributed by atoms with Gasteiger partial charge in [0.1, 0.15) is 17.7 Å². The Kier molecular flexibility index (Phi) is 7.94. The van der Waals surface area contributed by atoms with Crippen LogP contribution in [0.5, 0.6) is 5.75 Å². The first-order chi connectivity index (χ1) is 18.3. The lowest BCUT2D eigenvalue weighted by Gasteiger charge is -2.35. The number of halogens is 5. The van der Waals surface area contributed by atoms with Gasteiger partial charge >= 0.3 is 12.1 Å². The number of nitrogens with zero attached hydrogens (tertiary/aromatic N) is 1. The fraction of sp³-hybridized carbons (Fsp3) is 0.222. The van der Waals surface area contributed by atoms with Gasteiger partial charge in [0.2, 0.25) is 0 Å². The summed E-state index contributed by atoms with van der Waals surface area (Å²) in [7, 11) is -3.38. The Labute approximate surface area is 227 Å². The summed E-state index contributed by atoms with van der Waals surface area (Å²) in [5, 5.41) is 0.185. The van der Waals surface area contributed by atoms with E-state index in [0.717, 1.165) is 22.5 Å². The van der Waals surface area contributed by atoms with Crippen molar-refractivity contribution in [3.8, 4) is 5.75 Å². The fourth-order valence-electron chi connectivity index (χ4n) is 4.18. The number of esters is 1. The molecule has 12 heteroatoms. The van der Waals surface area contributed by atoms with Crippen molar-refractivity contribution in [3.63, 3.8) is 0 Å². The molecule has 0 amide bonds. The molecule has 1 aliphatic heterocycles. The van der Waals surface area contributed by atoms with Crippen molar-refractivity contribution in [3.05, 3.63) is 88.2 Å². The summed E-state index contributed by atoms with van der Waals surface area (Å²) in [5.41, 5.74) is -0.0258. The summed E-state index contributed by atoms with van der Waals surface area (Å²) in [6, 6.07) is 12.1. The number of alkyl halides is 3. The van der Waals surface area contributed by atoms with Crippen molar-refractivity contribution in [2.24, 2.45) is 0 Å². The molecule has 4 rings (SSSR count). The average molecular weight is 584 g/mol. The Hall–Kier alpha value is -3.57. The van der Waals surface area contributed by atoms with Gasteiger partial charge in [0.15, 0.2) is 0 Å². The number of allylic oxidation sites excluding steroid dienone is 1. The summed E-state index contributed by atoms with van der Waals surface area (Å²) >= 11 is 6.16. The van der Waals surface area contributed by atoms with Crippen LogP contribution in [0.2, 0.25) is 5.02 Å². The summed E-state index contributed by atoms with van der Waals surface area (Å²) in [6.07, 6.45) is -4.44. The molecule has 1 atom stereocenters. The number of hydrogen-bond donors (Lipinski definition) is 0. The van der Waals surface area contributed by atoms with Crippen LogP contribution in [-0.4, -0.2) is 34.1 Å². The number of sulfonamides is 1. The van der Waals surface area contributed by atoms with Gasteiger partial charge in [-0.2, -0.15) is 13.2 Å². The standard InChI is InChI=1S/C27H22ClF4NO5S/c1-16(26-21(28)7-4-8-22(26)29)11-17-9-10-24-23(12-17)33(15-19(38-24)14-25(34)37-2)39(35,36)20-6-3-5-18(13-20)27(30,31)32/h3-13,19H,14-15H2,1-2H3/b16-11+/t19-/m0/s1. The first kappa shape index (κ1) is 28.4. The topological polar surface area (TPSA) is 72.9 Å². The molecule has 0 unspecified atom stereocenters. The number of ether oxygens (including phenoxy) is 2. The van der Waals surface area contributed by atoms with E-state index < -0.39 is 44.5 Å². The summed E-state index contributed by atoms with van der Waals surface area (Å²) in [5.74, 6) is -1.11. The van der Waals surface area contributed by atoms with Gasteiger partial charge in [-0.3, -0.25) is 9.10 Å². The molecule has 0 aliphatic carbocycles. The van der Waals surface area contributed by atoms with Crippen molar-refractivity contribution in [2.75, 3.05) is 18.0 Å². The Morgan fingerprint density at radius 2 is 1.87 bits per heavy atom. The number of carbonyl (C=O) groups is 1. The van der Waals surface area contributed by atoms with Gasteiger partial charge in [0, 0.05) is 5.56 Å². The average Bonchev–Trinajstić information content (AvgIpc) is 2.87. The van der Waals surface area contributed by atoms with Crippen molar-refractivity contribution in [1.82, 2.24) is 0 Å². The Balaban J connectivity index is 1.81. The van der Waals surface area contributed by atoms with Crippen molar-refractivity contribution >= 4 is 44.9 Å². The maximum atomic E-state index is 14.4. The Morgan fingerprint density at radius 1 is 1.15 bits per heavy atom. The first-order valence-corrected chi connectivity index (χ1v) is 13.3. The maximum absolute atomic E-state index is 14.4. The number of anilines is 1. The highest BCUT2D eigenvalue weighted by molar-refractivity contribution is 7.92. The molecule has 0 fully saturated rings. The molecule has 1 heterocycles. The molecule has 6 nitrogen and oxygen atoms in total. The zero-order chi connectivity index (χ0) is 28.5. The molecule has 0 spiro atoms. The molecule has 0 N–H and O–H groups in total. The van der Waals surface area contributed by atoms with Crippen molar-refractivity contribution in [1.29, 1.82) is 0 Å². The second kappa shape index (κ2) is 10.9. The number of rotatable bonds is 6. The highest BCUT2D eigenvalue weighted by Crippen LogP contribution is 2.40. The van der Waals surface area contributed by atoms with E-state index >= 15 is 0 Å². The van der Waals surface area contributed by atoms with Crippen LogP contribution in [0.4, 0.5) is 23.2 Å². The van der Waals surface area contributed by atoms with Crippen LogP contribution < -0.4 is 9.04 Å². The molecule has 0 radical (unpaired) electrons. The van der Waals surface area contributed by atoms with E-state index in [1.165, 1.54) is 37.4 Å². The lowest BCUT2D eigenvalue weighted by atomic mass is 10.0. The van der Waals surface area contributed by atoms with Crippen molar-refractivity contribution < 1.29 is 40.2 Å². The van der Waals surface area contributed by atoms with E-state index in [1.54, 1.807) is 19.1 Å². The van der Waals surface area contributed by atoms with E-state index in [4.69, 9.17) is 16.3 Å². The van der Waals surface area contributed by atoms with Crippen LogP contribution in [0.3, 0.4) is 0 Å². The van der Waals surface area contributed by atoms with Gasteiger partial charge < -0.3 is 9.47 Å². The smallest absolute Gasteiger partial charge is 0.416 e. The van der Waals surface area contributed by atoms with Gasteiger partial charge in [0.05, 0.1) is 41.2 Å². The number of fused-ring (bicyclic) bond motifs is 1. The molecule has 39 heavy (non-hydrogen) atoms. The lowest BCUT2D eigenvalue weighted by molar-refractivity contribution is -0.142. The quantitative estimate of drug-likeness (QED) is 0.186. The molecule has 0 bridgehead atoms. The first-order valence-electron chi connectivity index (χ1n) is 11.5. The molecular weight excluding hydrogens is 562 g/mol. The molecular formula is C27H22ClF4NO5S. The minimum absolute atomic E-state index is 0.0368. The van der Waals surface area contributed by atoms with Crippen LogP contribution in [0.1, 0.15) is 30.0 Å². The molecule has 3 aromatic rings. The van der Waals surface area contributed by atoms with Crippen LogP contribution in [0, 0.1) is 5.82 Å². The Morgan fingerprint density at radius 3 is 2.54 bits per heavy atom. The third-order valence-electron chi connectivity index (χ3n) is 6.03. The molecule has 0 saturated heterocycles. The van der Waals surface area contributed by atoms with E-state index in [2.05, 4.69) is 4.74 Å². The molecule has 3 aromatic carbocycles. The summed E-state index contributed by atoms with van der Waals surface area (Å²) in [6.45, 7) is 1.26. The SMILES string of the molecule is COC(=O)C[C@H]1CN(S(=O)(=O)c2cccc(C(F)(F)F)c2)c2cc(/C=C(\C)c3c(F)cccc3Cl)ccc2O1. The monoisotopic (exact) mass is 583 g/mol. The highest BCUT2D eigenvalue weighted by Gasteiger charge is 2.37. The largest absolute Gasteiger partial charge is 0.486 e. The predicted molar refractivity (Wildman–Crippen MR) is 138 cm³/mol. The van der Waals surface area contributed by atoms with Crippen LogP contribution in [0.25, 0.3) is 11.6 Å².